The van der Waals surface area contributed by atoms with E-state index in [1.807, 2.05) is 50.2 Å². The zero-order valence-electron chi connectivity index (χ0n) is 16.3. The van der Waals surface area contributed by atoms with Crippen LogP contribution in [0, 0.1) is 13.8 Å². The van der Waals surface area contributed by atoms with Crippen molar-refractivity contribution in [2.45, 2.75) is 27.7 Å². The fourth-order valence-electron chi connectivity index (χ4n) is 3.16. The molecule has 0 aliphatic rings. The van der Waals surface area contributed by atoms with Gasteiger partial charge in [0.15, 0.2) is 5.75 Å². The number of benzene rings is 3. The van der Waals surface area contributed by atoms with Crippen LogP contribution in [0.2, 0.25) is 0 Å². The third kappa shape index (κ3) is 3.71. The van der Waals surface area contributed by atoms with Crippen LogP contribution < -0.4 is 9.47 Å². The van der Waals surface area contributed by atoms with Crippen molar-refractivity contribution in [3.8, 4) is 11.5 Å². The van der Waals surface area contributed by atoms with Crippen LogP contribution >= 0.6 is 0 Å². The van der Waals surface area contributed by atoms with Gasteiger partial charge in [0.25, 0.3) is 0 Å². The number of ether oxygens (including phenoxy) is 4. The lowest BCUT2D eigenvalue weighted by molar-refractivity contribution is 0.103. The van der Waals surface area contributed by atoms with Crippen molar-refractivity contribution in [2.24, 2.45) is 0 Å². The van der Waals surface area contributed by atoms with E-state index in [0.29, 0.717) is 33.0 Å². The second-order valence-electron chi connectivity index (χ2n) is 6.27. The predicted octanol–water partition coefficient (Wildman–Crippen LogP) is 5.68. The molecule has 0 saturated heterocycles. The van der Waals surface area contributed by atoms with Crippen molar-refractivity contribution >= 4 is 33.9 Å². The van der Waals surface area contributed by atoms with Crippen LogP contribution in [0.4, 0.5) is 9.59 Å². The van der Waals surface area contributed by atoms with Crippen molar-refractivity contribution in [1.82, 2.24) is 0 Å². The van der Waals surface area contributed by atoms with Crippen LogP contribution in [0.15, 0.2) is 36.4 Å². The summed E-state index contributed by atoms with van der Waals surface area (Å²) in [6.45, 7) is 7.66. The molecule has 6 heteroatoms. The summed E-state index contributed by atoms with van der Waals surface area (Å²) in [6.07, 6.45) is -1.57. The summed E-state index contributed by atoms with van der Waals surface area (Å²) in [6, 6.07) is 11.2. The van der Waals surface area contributed by atoms with Crippen LogP contribution in [-0.4, -0.2) is 25.5 Å². The number of hydrogen-bond acceptors (Lipinski definition) is 6. The SMILES string of the molecule is CCOC(=O)Oc1c2cc(C)ccc2c(OC(=O)OCC)c2c(C)cccc12. The fourth-order valence-corrected chi connectivity index (χ4v) is 3.16. The smallest absolute Gasteiger partial charge is 0.434 e. The number of fused-ring (bicyclic) bond motifs is 2. The first-order valence-corrected chi connectivity index (χ1v) is 9.11. The molecule has 0 unspecified atom stereocenters. The highest BCUT2D eigenvalue weighted by Gasteiger charge is 2.22. The van der Waals surface area contributed by atoms with E-state index in [9.17, 15) is 9.59 Å². The largest absolute Gasteiger partial charge is 0.513 e. The second-order valence-corrected chi connectivity index (χ2v) is 6.27. The molecule has 28 heavy (non-hydrogen) atoms. The van der Waals surface area contributed by atoms with Gasteiger partial charge in [0.2, 0.25) is 0 Å². The monoisotopic (exact) mass is 382 g/mol. The highest BCUT2D eigenvalue weighted by atomic mass is 16.7. The Labute approximate surface area is 162 Å². The van der Waals surface area contributed by atoms with Crippen LogP contribution in [0.1, 0.15) is 25.0 Å². The summed E-state index contributed by atoms with van der Waals surface area (Å²) in [4.78, 5) is 24.1. The van der Waals surface area contributed by atoms with Crippen LogP contribution in [-0.2, 0) is 9.47 Å². The Kier molecular flexibility index (Phi) is 5.68. The Morgan fingerprint density at radius 3 is 2.07 bits per heavy atom. The standard InChI is InChI=1S/C22H22O6/c1-5-25-21(23)27-19-16-9-7-8-14(4)18(16)20(28-22(24)26-6-2)15-11-10-13(3)12-17(15)19/h7-12H,5-6H2,1-4H3. The molecule has 0 aromatic heterocycles. The number of carbonyl (C=O) groups is 2. The second kappa shape index (κ2) is 8.17. The lowest BCUT2D eigenvalue weighted by atomic mass is 9.96. The average molecular weight is 382 g/mol. The highest BCUT2D eigenvalue weighted by molar-refractivity contribution is 6.13. The molecule has 0 saturated carbocycles. The van der Waals surface area contributed by atoms with E-state index < -0.39 is 12.3 Å². The van der Waals surface area contributed by atoms with Crippen molar-refractivity contribution in [3.05, 3.63) is 47.5 Å². The first kappa shape index (κ1) is 19.5. The molecule has 3 aromatic carbocycles. The Morgan fingerprint density at radius 1 is 0.786 bits per heavy atom. The van der Waals surface area contributed by atoms with Gasteiger partial charge < -0.3 is 18.9 Å². The van der Waals surface area contributed by atoms with E-state index in [1.54, 1.807) is 13.8 Å². The molecule has 3 rings (SSSR count). The van der Waals surface area contributed by atoms with Crippen molar-refractivity contribution in [3.63, 3.8) is 0 Å². The van der Waals surface area contributed by atoms with Gasteiger partial charge in [0, 0.05) is 21.5 Å². The molecule has 0 fully saturated rings. The molecule has 0 heterocycles. The molecule has 3 aromatic rings. The average Bonchev–Trinajstić information content (AvgIpc) is 2.64. The number of carbonyl (C=O) groups excluding carboxylic acids is 2. The maximum absolute atomic E-state index is 12.1. The third-order valence-corrected chi connectivity index (χ3v) is 4.30. The molecule has 0 aliphatic carbocycles. The summed E-state index contributed by atoms with van der Waals surface area (Å²) in [5, 5.41) is 2.60. The Morgan fingerprint density at radius 2 is 1.43 bits per heavy atom. The first-order chi connectivity index (χ1) is 13.5. The summed E-state index contributed by atoms with van der Waals surface area (Å²) < 4.78 is 21.1. The lowest BCUT2D eigenvalue weighted by Gasteiger charge is -2.17. The predicted molar refractivity (Wildman–Crippen MR) is 106 cm³/mol. The minimum absolute atomic E-state index is 0.205. The normalized spacial score (nSPS) is 10.7. The molecule has 6 nitrogen and oxygen atoms in total. The molecular formula is C22H22O6. The topological polar surface area (TPSA) is 71.1 Å². The van der Waals surface area contributed by atoms with Crippen LogP contribution in [0.25, 0.3) is 21.5 Å². The van der Waals surface area contributed by atoms with Gasteiger partial charge in [-0.1, -0.05) is 35.9 Å². The van der Waals surface area contributed by atoms with Gasteiger partial charge in [0.05, 0.1) is 13.2 Å². The van der Waals surface area contributed by atoms with Crippen molar-refractivity contribution in [1.29, 1.82) is 0 Å². The zero-order valence-corrected chi connectivity index (χ0v) is 16.3. The van der Waals surface area contributed by atoms with E-state index >= 15 is 0 Å². The number of rotatable bonds is 4. The Bertz CT molecular complexity index is 1050. The highest BCUT2D eigenvalue weighted by Crippen LogP contribution is 2.44. The summed E-state index contributed by atoms with van der Waals surface area (Å²) in [5.41, 5.74) is 1.84. The first-order valence-electron chi connectivity index (χ1n) is 9.11. The molecule has 146 valence electrons. The van der Waals surface area contributed by atoms with Gasteiger partial charge in [-0.2, -0.15) is 0 Å². The minimum Gasteiger partial charge on any atom is -0.434 e. The van der Waals surface area contributed by atoms with E-state index in [0.717, 1.165) is 11.1 Å². The molecule has 0 N–H and O–H groups in total. The van der Waals surface area contributed by atoms with Gasteiger partial charge in [0.1, 0.15) is 5.75 Å². The van der Waals surface area contributed by atoms with Crippen LogP contribution in [0.3, 0.4) is 0 Å². The molecular weight excluding hydrogens is 360 g/mol. The molecule has 0 spiro atoms. The van der Waals surface area contributed by atoms with Gasteiger partial charge in [-0.3, -0.25) is 0 Å². The molecule has 0 atom stereocenters. The van der Waals surface area contributed by atoms with E-state index in [1.165, 1.54) is 0 Å². The minimum atomic E-state index is -0.785. The fraction of sp³-hybridized carbons (Fsp3) is 0.273. The summed E-state index contributed by atoms with van der Waals surface area (Å²) in [5.74, 6) is 0.741. The molecule has 0 bridgehead atoms. The van der Waals surface area contributed by atoms with Gasteiger partial charge in [-0.25, -0.2) is 9.59 Å². The maximum atomic E-state index is 12.1. The molecule has 0 radical (unpaired) electrons. The molecule has 0 amide bonds. The van der Waals surface area contributed by atoms with Gasteiger partial charge in [-0.15, -0.1) is 0 Å². The van der Waals surface area contributed by atoms with Gasteiger partial charge in [-0.05, 0) is 39.3 Å². The zero-order chi connectivity index (χ0) is 20.3. The van der Waals surface area contributed by atoms with E-state index in [-0.39, 0.29) is 13.2 Å². The van der Waals surface area contributed by atoms with Crippen molar-refractivity contribution < 1.29 is 28.5 Å². The van der Waals surface area contributed by atoms with Crippen LogP contribution in [0.5, 0.6) is 11.5 Å². The Hall–Kier alpha value is -3.28. The lowest BCUT2D eigenvalue weighted by Crippen LogP contribution is -2.13. The van der Waals surface area contributed by atoms with E-state index in [2.05, 4.69) is 0 Å². The van der Waals surface area contributed by atoms with E-state index in [4.69, 9.17) is 18.9 Å². The number of hydrogen-bond donors (Lipinski definition) is 0. The summed E-state index contributed by atoms with van der Waals surface area (Å²) in [7, 11) is 0. The molecule has 0 aliphatic heterocycles. The number of aryl methyl sites for hydroxylation is 2. The third-order valence-electron chi connectivity index (χ3n) is 4.30. The maximum Gasteiger partial charge on any atom is 0.513 e. The van der Waals surface area contributed by atoms with Gasteiger partial charge >= 0.3 is 12.3 Å². The van der Waals surface area contributed by atoms with Crippen molar-refractivity contribution in [2.75, 3.05) is 13.2 Å². The Balaban J connectivity index is 2.35. The summed E-state index contributed by atoms with van der Waals surface area (Å²) >= 11 is 0. The quantitative estimate of drug-likeness (QED) is 0.328.